The molecule has 2 aromatic rings. The summed E-state index contributed by atoms with van der Waals surface area (Å²) < 4.78 is 5.39. The minimum absolute atomic E-state index is 0.0364. The Balaban J connectivity index is 2.16. The maximum Gasteiger partial charge on any atom is 0.288 e. The topological polar surface area (TPSA) is 95.5 Å². The number of hydrogen-bond acceptors (Lipinski definition) is 5. The largest absolute Gasteiger partial charge is 0.489 e. The van der Waals surface area contributed by atoms with Gasteiger partial charge in [0.05, 0.1) is 15.4 Å². The number of nitro benzene ring substituents is 2. The predicted molar refractivity (Wildman–Crippen MR) is 75.5 cm³/mol. The fourth-order valence-electron chi connectivity index (χ4n) is 1.70. The molecule has 2 aromatic carbocycles. The maximum atomic E-state index is 10.9. The molecule has 0 saturated carbocycles. The van der Waals surface area contributed by atoms with Crippen molar-refractivity contribution in [1.29, 1.82) is 0 Å². The summed E-state index contributed by atoms with van der Waals surface area (Å²) in [4.78, 5) is 20.4. The zero-order valence-electron chi connectivity index (χ0n) is 10.6. The lowest BCUT2D eigenvalue weighted by molar-refractivity contribution is -0.385. The number of halogens is 1. The van der Waals surface area contributed by atoms with Crippen LogP contribution in [0.2, 0.25) is 5.02 Å². The lowest BCUT2D eigenvalue weighted by atomic mass is 10.2. The number of ether oxygens (including phenoxy) is 1. The molecule has 0 aliphatic rings. The average Bonchev–Trinajstić information content (AvgIpc) is 2.45. The lowest BCUT2D eigenvalue weighted by Crippen LogP contribution is -2.00. The number of rotatable bonds is 5. The molecule has 0 saturated heterocycles. The van der Waals surface area contributed by atoms with Crippen molar-refractivity contribution in [1.82, 2.24) is 0 Å². The number of para-hydroxylation sites is 1. The van der Waals surface area contributed by atoms with Gasteiger partial charge >= 0.3 is 0 Å². The third kappa shape index (κ3) is 3.46. The highest BCUT2D eigenvalue weighted by molar-refractivity contribution is 6.32. The van der Waals surface area contributed by atoms with E-state index in [2.05, 4.69) is 0 Å². The van der Waals surface area contributed by atoms with Gasteiger partial charge in [0.1, 0.15) is 17.4 Å². The number of benzene rings is 2. The lowest BCUT2D eigenvalue weighted by Gasteiger charge is -2.07. The molecule has 0 heterocycles. The molecule has 8 heteroatoms. The standard InChI is InChI=1S/C13H9ClN2O5/c14-11-7-10(5-6-13(11)16(19)20)21-8-9-3-1-2-4-12(9)15(17)18/h1-7H,8H2. The monoisotopic (exact) mass is 308 g/mol. The molecular weight excluding hydrogens is 300 g/mol. The molecule has 0 spiro atoms. The molecule has 0 N–H and O–H groups in total. The van der Waals surface area contributed by atoms with Gasteiger partial charge in [0, 0.05) is 18.2 Å². The van der Waals surface area contributed by atoms with Gasteiger partial charge in [-0.3, -0.25) is 20.2 Å². The van der Waals surface area contributed by atoms with Crippen molar-refractivity contribution < 1.29 is 14.6 Å². The van der Waals surface area contributed by atoms with Crippen LogP contribution in [0.4, 0.5) is 11.4 Å². The van der Waals surface area contributed by atoms with Crippen LogP contribution in [-0.4, -0.2) is 9.85 Å². The highest BCUT2D eigenvalue weighted by atomic mass is 35.5. The molecule has 0 amide bonds. The first kappa shape index (κ1) is 14.7. The van der Waals surface area contributed by atoms with Gasteiger partial charge < -0.3 is 4.74 Å². The van der Waals surface area contributed by atoms with E-state index in [1.807, 2.05) is 0 Å². The van der Waals surface area contributed by atoms with Crippen LogP contribution in [-0.2, 0) is 6.61 Å². The van der Waals surface area contributed by atoms with Gasteiger partial charge in [-0.2, -0.15) is 0 Å². The molecule has 0 atom stereocenters. The first-order valence-corrected chi connectivity index (χ1v) is 6.16. The second kappa shape index (κ2) is 6.19. The van der Waals surface area contributed by atoms with Gasteiger partial charge in [0.2, 0.25) is 0 Å². The highest BCUT2D eigenvalue weighted by Crippen LogP contribution is 2.29. The molecule has 0 aromatic heterocycles. The van der Waals surface area contributed by atoms with Crippen LogP contribution in [0.5, 0.6) is 5.75 Å². The van der Waals surface area contributed by atoms with Crippen molar-refractivity contribution in [2.45, 2.75) is 6.61 Å². The summed E-state index contributed by atoms with van der Waals surface area (Å²) in [6, 6.07) is 10.1. The van der Waals surface area contributed by atoms with Crippen molar-refractivity contribution in [3.63, 3.8) is 0 Å². The summed E-state index contributed by atoms with van der Waals surface area (Å²) in [5.74, 6) is 0.295. The van der Waals surface area contributed by atoms with Crippen molar-refractivity contribution in [3.8, 4) is 5.75 Å². The quantitative estimate of drug-likeness (QED) is 0.619. The SMILES string of the molecule is O=[N+]([O-])c1ccc(OCc2ccccc2[N+](=O)[O-])cc1Cl. The van der Waals surface area contributed by atoms with Crippen LogP contribution in [0.3, 0.4) is 0 Å². The van der Waals surface area contributed by atoms with Gasteiger partial charge in [-0.05, 0) is 12.1 Å². The van der Waals surface area contributed by atoms with E-state index >= 15 is 0 Å². The second-order valence-electron chi connectivity index (χ2n) is 4.04. The van der Waals surface area contributed by atoms with E-state index in [-0.39, 0.29) is 23.0 Å². The zero-order valence-corrected chi connectivity index (χ0v) is 11.3. The van der Waals surface area contributed by atoms with Crippen LogP contribution < -0.4 is 4.74 Å². The van der Waals surface area contributed by atoms with E-state index in [0.717, 1.165) is 0 Å². The highest BCUT2D eigenvalue weighted by Gasteiger charge is 2.15. The van der Waals surface area contributed by atoms with Crippen LogP contribution >= 0.6 is 11.6 Å². The van der Waals surface area contributed by atoms with Crippen molar-refractivity contribution in [2.24, 2.45) is 0 Å². The number of hydrogen-bond donors (Lipinski definition) is 0. The van der Waals surface area contributed by atoms with Crippen LogP contribution in [0.1, 0.15) is 5.56 Å². The van der Waals surface area contributed by atoms with Crippen LogP contribution in [0.25, 0.3) is 0 Å². The molecule has 108 valence electrons. The van der Waals surface area contributed by atoms with Gasteiger partial charge in [-0.25, -0.2) is 0 Å². The molecule has 0 bridgehead atoms. The zero-order chi connectivity index (χ0) is 15.4. The van der Waals surface area contributed by atoms with Gasteiger partial charge in [-0.15, -0.1) is 0 Å². The molecule has 7 nitrogen and oxygen atoms in total. The summed E-state index contributed by atoms with van der Waals surface area (Å²) in [5, 5.41) is 21.4. The van der Waals surface area contributed by atoms with Gasteiger partial charge in [0.25, 0.3) is 11.4 Å². The summed E-state index contributed by atoms with van der Waals surface area (Å²) in [6.07, 6.45) is 0. The minimum atomic E-state index is -0.603. The summed E-state index contributed by atoms with van der Waals surface area (Å²) in [7, 11) is 0. The second-order valence-corrected chi connectivity index (χ2v) is 4.45. The first-order valence-electron chi connectivity index (χ1n) is 5.78. The molecule has 0 unspecified atom stereocenters. The van der Waals surface area contributed by atoms with Gasteiger partial charge in [0.15, 0.2) is 0 Å². The van der Waals surface area contributed by atoms with Crippen LogP contribution in [0, 0.1) is 20.2 Å². The summed E-state index contributed by atoms with van der Waals surface area (Å²) in [5.41, 5.74) is 0.122. The van der Waals surface area contributed by atoms with Crippen molar-refractivity contribution in [2.75, 3.05) is 0 Å². The van der Waals surface area contributed by atoms with Crippen molar-refractivity contribution >= 4 is 23.0 Å². The fourth-order valence-corrected chi connectivity index (χ4v) is 1.94. The molecule has 0 radical (unpaired) electrons. The Labute approximate surface area is 124 Å². The van der Waals surface area contributed by atoms with E-state index < -0.39 is 9.85 Å². The Hall–Kier alpha value is -2.67. The summed E-state index contributed by atoms with van der Waals surface area (Å²) in [6.45, 7) is -0.0364. The molecule has 21 heavy (non-hydrogen) atoms. The van der Waals surface area contributed by atoms with E-state index in [1.165, 1.54) is 24.3 Å². The van der Waals surface area contributed by atoms with Crippen molar-refractivity contribution in [3.05, 3.63) is 73.3 Å². The number of nitrogens with zero attached hydrogens (tertiary/aromatic N) is 2. The Morgan fingerprint density at radius 1 is 1.00 bits per heavy atom. The molecule has 2 rings (SSSR count). The third-order valence-electron chi connectivity index (χ3n) is 2.70. The smallest absolute Gasteiger partial charge is 0.288 e. The maximum absolute atomic E-state index is 10.9. The minimum Gasteiger partial charge on any atom is -0.489 e. The van der Waals surface area contributed by atoms with E-state index in [0.29, 0.717) is 11.3 Å². The van der Waals surface area contributed by atoms with Crippen LogP contribution in [0.15, 0.2) is 42.5 Å². The normalized spacial score (nSPS) is 10.1. The Morgan fingerprint density at radius 2 is 1.67 bits per heavy atom. The molecular formula is C13H9ClN2O5. The van der Waals surface area contributed by atoms with E-state index in [4.69, 9.17) is 16.3 Å². The fraction of sp³-hybridized carbons (Fsp3) is 0.0769. The Morgan fingerprint density at radius 3 is 2.29 bits per heavy atom. The van der Waals surface area contributed by atoms with Gasteiger partial charge in [-0.1, -0.05) is 23.7 Å². The van der Waals surface area contributed by atoms with E-state index in [1.54, 1.807) is 18.2 Å². The summed E-state index contributed by atoms with van der Waals surface area (Å²) >= 11 is 5.76. The third-order valence-corrected chi connectivity index (χ3v) is 3.00. The predicted octanol–water partition coefficient (Wildman–Crippen LogP) is 3.74. The number of nitro groups is 2. The first-order chi connectivity index (χ1) is 9.99. The Kier molecular flexibility index (Phi) is 4.34. The molecule has 0 aliphatic heterocycles. The van der Waals surface area contributed by atoms with E-state index in [9.17, 15) is 20.2 Å². The Bertz CT molecular complexity index is 705. The average molecular weight is 309 g/mol. The molecule has 0 fully saturated rings. The molecule has 0 aliphatic carbocycles.